The van der Waals surface area contributed by atoms with Gasteiger partial charge >= 0.3 is 0 Å². The van der Waals surface area contributed by atoms with Crippen LogP contribution >= 0.6 is 0 Å². The molecule has 1 saturated heterocycles. The predicted molar refractivity (Wildman–Crippen MR) is 105 cm³/mol. The van der Waals surface area contributed by atoms with Gasteiger partial charge in [0.2, 0.25) is 5.91 Å². The van der Waals surface area contributed by atoms with Gasteiger partial charge in [0, 0.05) is 44.4 Å². The smallest absolute Gasteiger partial charge is 0.246 e. The van der Waals surface area contributed by atoms with Gasteiger partial charge in [-0.05, 0) is 24.6 Å². The lowest BCUT2D eigenvalue weighted by atomic mass is 10.1. The van der Waals surface area contributed by atoms with E-state index in [1.807, 2.05) is 48.2 Å². The fraction of sp³-hybridized carbons (Fsp3) is 0.318. The number of ether oxygens (including phenoxy) is 1. The maximum atomic E-state index is 12.5. The quantitative estimate of drug-likeness (QED) is 0.748. The molecule has 0 atom stereocenters. The number of hydrogen-bond donors (Lipinski definition) is 0. The van der Waals surface area contributed by atoms with Gasteiger partial charge in [0.25, 0.3) is 0 Å². The van der Waals surface area contributed by atoms with Crippen LogP contribution < -0.4 is 4.74 Å². The zero-order chi connectivity index (χ0) is 18.2. The first kappa shape index (κ1) is 18.2. The number of piperazine rings is 1. The van der Waals surface area contributed by atoms with Crippen molar-refractivity contribution in [2.45, 2.75) is 13.5 Å². The van der Waals surface area contributed by atoms with Crippen LogP contribution in [0.3, 0.4) is 0 Å². The van der Waals surface area contributed by atoms with Gasteiger partial charge in [-0.3, -0.25) is 9.69 Å². The summed E-state index contributed by atoms with van der Waals surface area (Å²) in [5, 5.41) is 0. The third-order valence-electron chi connectivity index (χ3n) is 4.56. The molecule has 4 heteroatoms. The van der Waals surface area contributed by atoms with E-state index < -0.39 is 0 Å². The first-order valence-corrected chi connectivity index (χ1v) is 9.21. The zero-order valence-corrected chi connectivity index (χ0v) is 15.3. The second kappa shape index (κ2) is 9.20. The van der Waals surface area contributed by atoms with Crippen molar-refractivity contribution in [3.05, 3.63) is 71.8 Å². The summed E-state index contributed by atoms with van der Waals surface area (Å²) in [6.45, 7) is 6.86. The van der Waals surface area contributed by atoms with E-state index in [1.54, 1.807) is 6.08 Å². The fourth-order valence-electron chi connectivity index (χ4n) is 3.14. The van der Waals surface area contributed by atoms with Gasteiger partial charge in [0.05, 0.1) is 6.61 Å². The van der Waals surface area contributed by atoms with Crippen LogP contribution in [0.1, 0.15) is 18.1 Å². The van der Waals surface area contributed by atoms with Gasteiger partial charge in [-0.25, -0.2) is 0 Å². The highest BCUT2D eigenvalue weighted by Crippen LogP contribution is 2.19. The van der Waals surface area contributed by atoms with Crippen LogP contribution in [0.4, 0.5) is 0 Å². The van der Waals surface area contributed by atoms with Crippen molar-refractivity contribution in [3.63, 3.8) is 0 Å². The van der Waals surface area contributed by atoms with Gasteiger partial charge < -0.3 is 9.64 Å². The van der Waals surface area contributed by atoms with Crippen molar-refractivity contribution >= 4 is 12.0 Å². The molecule has 1 aliphatic heterocycles. The molecule has 0 aromatic heterocycles. The van der Waals surface area contributed by atoms with Gasteiger partial charge in [-0.15, -0.1) is 0 Å². The van der Waals surface area contributed by atoms with Gasteiger partial charge in [-0.2, -0.15) is 0 Å². The molecule has 2 aromatic carbocycles. The number of nitrogens with zero attached hydrogens (tertiary/aromatic N) is 2. The number of rotatable bonds is 6. The van der Waals surface area contributed by atoms with Crippen LogP contribution in [0, 0.1) is 0 Å². The summed E-state index contributed by atoms with van der Waals surface area (Å²) in [4.78, 5) is 16.8. The van der Waals surface area contributed by atoms with E-state index in [0.29, 0.717) is 6.61 Å². The molecule has 4 nitrogen and oxygen atoms in total. The Morgan fingerprint density at radius 2 is 1.69 bits per heavy atom. The van der Waals surface area contributed by atoms with Crippen molar-refractivity contribution in [2.24, 2.45) is 0 Å². The minimum absolute atomic E-state index is 0.0654. The van der Waals surface area contributed by atoms with E-state index in [2.05, 4.69) is 29.2 Å². The van der Waals surface area contributed by atoms with E-state index in [0.717, 1.165) is 44.0 Å². The Balaban J connectivity index is 1.52. The third-order valence-corrected chi connectivity index (χ3v) is 4.56. The van der Waals surface area contributed by atoms with Gasteiger partial charge in [0.1, 0.15) is 5.75 Å². The summed E-state index contributed by atoms with van der Waals surface area (Å²) in [5.74, 6) is 0.877. The average molecular weight is 350 g/mol. The van der Waals surface area contributed by atoms with E-state index in [-0.39, 0.29) is 5.91 Å². The lowest BCUT2D eigenvalue weighted by Crippen LogP contribution is -2.47. The Labute approximate surface area is 155 Å². The Hall–Kier alpha value is -2.59. The summed E-state index contributed by atoms with van der Waals surface area (Å²) in [6, 6.07) is 18.3. The normalized spacial score (nSPS) is 15.3. The molecule has 0 radical (unpaired) electrons. The topological polar surface area (TPSA) is 32.8 Å². The van der Waals surface area contributed by atoms with Crippen molar-refractivity contribution < 1.29 is 9.53 Å². The van der Waals surface area contributed by atoms with Crippen LogP contribution in [0.2, 0.25) is 0 Å². The molecule has 1 aliphatic rings. The zero-order valence-electron chi connectivity index (χ0n) is 15.3. The monoisotopic (exact) mass is 350 g/mol. The van der Waals surface area contributed by atoms with Crippen molar-refractivity contribution in [2.75, 3.05) is 32.8 Å². The van der Waals surface area contributed by atoms with Crippen LogP contribution in [0.15, 0.2) is 60.7 Å². The summed E-state index contributed by atoms with van der Waals surface area (Å²) >= 11 is 0. The number of amides is 1. The molecule has 26 heavy (non-hydrogen) atoms. The van der Waals surface area contributed by atoms with E-state index in [9.17, 15) is 4.79 Å². The maximum absolute atomic E-state index is 12.5. The summed E-state index contributed by atoms with van der Waals surface area (Å²) in [5.41, 5.74) is 2.25. The van der Waals surface area contributed by atoms with E-state index in [1.165, 1.54) is 5.56 Å². The Morgan fingerprint density at radius 1 is 1.00 bits per heavy atom. The van der Waals surface area contributed by atoms with E-state index in [4.69, 9.17) is 4.74 Å². The molecule has 1 fully saturated rings. The second-order valence-corrected chi connectivity index (χ2v) is 6.39. The van der Waals surface area contributed by atoms with Crippen LogP contribution in [0.25, 0.3) is 6.08 Å². The maximum Gasteiger partial charge on any atom is 0.246 e. The molecular formula is C22H26N2O2. The minimum Gasteiger partial charge on any atom is -0.493 e. The average Bonchev–Trinajstić information content (AvgIpc) is 2.69. The molecule has 136 valence electrons. The van der Waals surface area contributed by atoms with Crippen molar-refractivity contribution in [1.29, 1.82) is 0 Å². The fourth-order valence-corrected chi connectivity index (χ4v) is 3.14. The minimum atomic E-state index is 0.0654. The molecule has 1 amide bonds. The molecule has 2 aromatic rings. The molecule has 0 unspecified atom stereocenters. The Morgan fingerprint density at radius 3 is 2.42 bits per heavy atom. The Bertz CT molecular complexity index is 735. The molecule has 0 aliphatic carbocycles. The SMILES string of the molecule is CCOc1ccccc1/C=C/C(=O)N1CCN(Cc2ccccc2)CC1. The molecule has 3 rings (SSSR count). The molecular weight excluding hydrogens is 324 g/mol. The lowest BCUT2D eigenvalue weighted by molar-refractivity contribution is -0.127. The van der Waals surface area contributed by atoms with Crippen LogP contribution in [-0.4, -0.2) is 48.5 Å². The highest BCUT2D eigenvalue weighted by atomic mass is 16.5. The lowest BCUT2D eigenvalue weighted by Gasteiger charge is -2.34. The van der Waals surface area contributed by atoms with Crippen molar-refractivity contribution in [1.82, 2.24) is 9.80 Å². The summed E-state index contributed by atoms with van der Waals surface area (Å²) < 4.78 is 5.60. The predicted octanol–water partition coefficient (Wildman–Crippen LogP) is 3.44. The van der Waals surface area contributed by atoms with Gasteiger partial charge in [-0.1, -0.05) is 48.5 Å². The van der Waals surface area contributed by atoms with Gasteiger partial charge in [0.15, 0.2) is 0 Å². The molecule has 0 bridgehead atoms. The first-order chi connectivity index (χ1) is 12.8. The van der Waals surface area contributed by atoms with Crippen LogP contribution in [-0.2, 0) is 11.3 Å². The molecule has 1 heterocycles. The largest absolute Gasteiger partial charge is 0.493 e. The Kier molecular flexibility index (Phi) is 6.45. The number of hydrogen-bond acceptors (Lipinski definition) is 3. The van der Waals surface area contributed by atoms with E-state index >= 15 is 0 Å². The standard InChI is InChI=1S/C22H26N2O2/c1-2-26-21-11-7-6-10-20(21)12-13-22(25)24-16-14-23(15-17-24)18-19-8-4-3-5-9-19/h3-13H,2,14-18H2,1H3/b13-12+. The summed E-state index contributed by atoms with van der Waals surface area (Å²) in [6.07, 6.45) is 3.51. The molecule has 0 N–H and O–H groups in total. The van der Waals surface area contributed by atoms with Crippen molar-refractivity contribution in [3.8, 4) is 5.75 Å². The number of carbonyl (C=O) groups is 1. The summed E-state index contributed by atoms with van der Waals surface area (Å²) in [7, 11) is 0. The molecule has 0 spiro atoms. The second-order valence-electron chi connectivity index (χ2n) is 6.39. The first-order valence-electron chi connectivity index (χ1n) is 9.21. The highest BCUT2D eigenvalue weighted by Gasteiger charge is 2.19. The number of carbonyl (C=O) groups excluding carboxylic acids is 1. The molecule has 0 saturated carbocycles. The number of para-hydroxylation sites is 1. The highest BCUT2D eigenvalue weighted by molar-refractivity contribution is 5.92. The third kappa shape index (κ3) is 4.96. The van der Waals surface area contributed by atoms with Crippen LogP contribution in [0.5, 0.6) is 5.75 Å². The number of benzene rings is 2.